The predicted octanol–water partition coefficient (Wildman–Crippen LogP) is 4.73. The number of carboxylic acids is 1. The number of amides is 2. The van der Waals surface area contributed by atoms with Gasteiger partial charge in [0.05, 0.1) is 10.6 Å². The average Bonchev–Trinajstić information content (AvgIpc) is 2.99. The summed E-state index contributed by atoms with van der Waals surface area (Å²) in [6, 6.07) is 14.2. The summed E-state index contributed by atoms with van der Waals surface area (Å²) in [6.45, 7) is 1.72. The Morgan fingerprint density at radius 2 is 1.79 bits per heavy atom. The van der Waals surface area contributed by atoms with Crippen LogP contribution in [0.25, 0.3) is 6.08 Å². The van der Waals surface area contributed by atoms with Gasteiger partial charge < -0.3 is 9.84 Å². The summed E-state index contributed by atoms with van der Waals surface area (Å²) in [5.41, 5.74) is 2.46. The van der Waals surface area contributed by atoms with Gasteiger partial charge in [0, 0.05) is 0 Å². The molecule has 2 aromatic carbocycles. The van der Waals surface area contributed by atoms with Gasteiger partial charge in [-0.3, -0.25) is 9.59 Å². The Hall–Kier alpha value is -3.06. The molecule has 0 radical (unpaired) electrons. The van der Waals surface area contributed by atoms with Crippen LogP contribution in [0, 0.1) is 0 Å². The molecule has 3 rings (SSSR count). The van der Waals surface area contributed by atoms with Gasteiger partial charge in [-0.2, -0.15) is 0 Å². The Kier molecular flexibility index (Phi) is 6.72. The van der Waals surface area contributed by atoms with Gasteiger partial charge in [0.25, 0.3) is 11.1 Å². The van der Waals surface area contributed by atoms with E-state index >= 15 is 0 Å². The predicted molar refractivity (Wildman–Crippen MR) is 113 cm³/mol. The fourth-order valence-corrected chi connectivity index (χ4v) is 3.68. The lowest BCUT2D eigenvalue weighted by Crippen LogP contribution is -2.27. The SMILES string of the molecule is CCCCc1ccc(N2C(=O)S/C(=C/c3ccc(OCC(=O)O)cc3)C2=O)cc1. The van der Waals surface area contributed by atoms with Crippen molar-refractivity contribution in [3.05, 3.63) is 64.6 Å². The molecule has 0 unspecified atom stereocenters. The second-order valence-electron chi connectivity index (χ2n) is 6.54. The Morgan fingerprint density at radius 1 is 1.10 bits per heavy atom. The summed E-state index contributed by atoms with van der Waals surface area (Å²) in [6.07, 6.45) is 4.83. The molecule has 0 saturated carbocycles. The zero-order valence-corrected chi connectivity index (χ0v) is 16.8. The molecule has 2 amide bonds. The van der Waals surface area contributed by atoms with Gasteiger partial charge >= 0.3 is 5.97 Å². The van der Waals surface area contributed by atoms with Crippen LogP contribution >= 0.6 is 11.8 Å². The van der Waals surface area contributed by atoms with Crippen molar-refractivity contribution >= 4 is 40.6 Å². The van der Waals surface area contributed by atoms with Crippen LogP contribution in [-0.2, 0) is 16.0 Å². The molecule has 1 fully saturated rings. The lowest BCUT2D eigenvalue weighted by molar-refractivity contribution is -0.139. The minimum Gasteiger partial charge on any atom is -0.482 e. The molecular formula is C22H21NO5S. The van der Waals surface area contributed by atoms with Crippen molar-refractivity contribution in [2.75, 3.05) is 11.5 Å². The molecule has 29 heavy (non-hydrogen) atoms. The molecule has 6 nitrogen and oxygen atoms in total. The topological polar surface area (TPSA) is 83.9 Å². The highest BCUT2D eigenvalue weighted by molar-refractivity contribution is 8.19. The number of ether oxygens (including phenoxy) is 1. The molecule has 0 aromatic heterocycles. The zero-order valence-electron chi connectivity index (χ0n) is 16.0. The third-order valence-corrected chi connectivity index (χ3v) is 5.22. The molecule has 150 valence electrons. The molecule has 0 aliphatic carbocycles. The largest absolute Gasteiger partial charge is 0.482 e. The molecule has 1 saturated heterocycles. The van der Waals surface area contributed by atoms with E-state index in [0.29, 0.717) is 21.9 Å². The van der Waals surface area contributed by atoms with Crippen LogP contribution in [-0.4, -0.2) is 28.8 Å². The molecule has 1 N–H and O–H groups in total. The first kappa shape index (κ1) is 20.7. The van der Waals surface area contributed by atoms with Crippen LogP contribution in [0.4, 0.5) is 10.5 Å². The van der Waals surface area contributed by atoms with Crippen molar-refractivity contribution in [3.63, 3.8) is 0 Å². The minimum atomic E-state index is -1.05. The van der Waals surface area contributed by atoms with Crippen molar-refractivity contribution < 1.29 is 24.2 Å². The first-order chi connectivity index (χ1) is 14.0. The molecule has 1 aliphatic heterocycles. The highest BCUT2D eigenvalue weighted by Crippen LogP contribution is 2.36. The van der Waals surface area contributed by atoms with Gasteiger partial charge in [-0.1, -0.05) is 37.6 Å². The smallest absolute Gasteiger partial charge is 0.341 e. The number of carboxylic acid groups (broad SMARTS) is 1. The zero-order chi connectivity index (χ0) is 20.8. The number of benzene rings is 2. The molecular weight excluding hydrogens is 390 g/mol. The van der Waals surface area contributed by atoms with E-state index < -0.39 is 12.6 Å². The monoisotopic (exact) mass is 411 g/mol. The molecule has 7 heteroatoms. The average molecular weight is 411 g/mol. The number of imide groups is 1. The van der Waals surface area contributed by atoms with Crippen LogP contribution in [0.2, 0.25) is 0 Å². The molecule has 0 spiro atoms. The molecule has 1 aliphatic rings. The number of rotatable bonds is 8. The second kappa shape index (κ2) is 9.43. The van der Waals surface area contributed by atoms with E-state index in [1.807, 2.05) is 12.1 Å². The van der Waals surface area contributed by atoms with Gasteiger partial charge in [-0.15, -0.1) is 0 Å². The maximum absolute atomic E-state index is 12.7. The Bertz CT molecular complexity index is 935. The molecule has 0 atom stereocenters. The summed E-state index contributed by atoms with van der Waals surface area (Å²) >= 11 is 0.897. The first-order valence-corrected chi connectivity index (χ1v) is 10.1. The van der Waals surface area contributed by atoms with E-state index in [9.17, 15) is 14.4 Å². The number of hydrogen-bond acceptors (Lipinski definition) is 5. The first-order valence-electron chi connectivity index (χ1n) is 9.29. The van der Waals surface area contributed by atoms with Crippen molar-refractivity contribution in [2.24, 2.45) is 0 Å². The third-order valence-electron chi connectivity index (χ3n) is 4.35. The lowest BCUT2D eigenvalue weighted by atomic mass is 10.1. The van der Waals surface area contributed by atoms with E-state index in [-0.39, 0.29) is 11.1 Å². The highest BCUT2D eigenvalue weighted by atomic mass is 32.2. The van der Waals surface area contributed by atoms with Crippen LogP contribution in [0.3, 0.4) is 0 Å². The van der Waals surface area contributed by atoms with E-state index in [0.717, 1.165) is 31.0 Å². The number of aryl methyl sites for hydroxylation is 1. The fourth-order valence-electron chi connectivity index (χ4n) is 2.84. The number of thioether (sulfide) groups is 1. The van der Waals surface area contributed by atoms with Crippen molar-refractivity contribution in [3.8, 4) is 5.75 Å². The van der Waals surface area contributed by atoms with Gasteiger partial charge in [0.2, 0.25) is 0 Å². The number of nitrogens with zero attached hydrogens (tertiary/aromatic N) is 1. The standard InChI is InChI=1S/C22H21NO5S/c1-2-3-4-15-5-9-17(10-6-15)23-21(26)19(29-22(23)27)13-16-7-11-18(12-8-16)28-14-20(24)25/h5-13H,2-4,14H2,1H3,(H,24,25)/b19-13+. The number of aliphatic carboxylic acids is 1. The van der Waals surface area contributed by atoms with E-state index in [4.69, 9.17) is 9.84 Å². The number of carbonyl (C=O) groups excluding carboxylic acids is 2. The number of anilines is 1. The molecule has 0 bridgehead atoms. The summed E-state index contributed by atoms with van der Waals surface area (Å²) < 4.78 is 5.08. The molecule has 1 heterocycles. The van der Waals surface area contributed by atoms with Crippen LogP contribution in [0.1, 0.15) is 30.9 Å². The number of hydrogen-bond donors (Lipinski definition) is 1. The van der Waals surface area contributed by atoms with Crippen LogP contribution in [0.15, 0.2) is 53.4 Å². The summed E-state index contributed by atoms with van der Waals surface area (Å²) in [7, 11) is 0. The maximum atomic E-state index is 12.7. The summed E-state index contributed by atoms with van der Waals surface area (Å²) in [5.74, 6) is -0.991. The van der Waals surface area contributed by atoms with Gasteiger partial charge in [0.15, 0.2) is 6.61 Å². The van der Waals surface area contributed by atoms with Crippen molar-refractivity contribution in [2.45, 2.75) is 26.2 Å². The minimum absolute atomic E-state index is 0.330. The van der Waals surface area contributed by atoms with Gasteiger partial charge in [-0.25, -0.2) is 9.69 Å². The molecule has 2 aromatic rings. The summed E-state index contributed by atoms with van der Waals surface area (Å²) in [4.78, 5) is 37.2. The van der Waals surface area contributed by atoms with Crippen LogP contribution in [0.5, 0.6) is 5.75 Å². The Balaban J connectivity index is 1.72. The highest BCUT2D eigenvalue weighted by Gasteiger charge is 2.36. The van der Waals surface area contributed by atoms with E-state index in [2.05, 4.69) is 6.92 Å². The fraction of sp³-hybridized carbons (Fsp3) is 0.227. The lowest BCUT2D eigenvalue weighted by Gasteiger charge is -2.13. The third kappa shape index (κ3) is 5.26. The van der Waals surface area contributed by atoms with Gasteiger partial charge in [0.1, 0.15) is 5.75 Å². The van der Waals surface area contributed by atoms with Crippen molar-refractivity contribution in [1.82, 2.24) is 0 Å². The summed E-state index contributed by atoms with van der Waals surface area (Å²) in [5, 5.41) is 8.30. The number of carbonyl (C=O) groups is 3. The maximum Gasteiger partial charge on any atom is 0.341 e. The normalized spacial score (nSPS) is 15.2. The second-order valence-corrected chi connectivity index (χ2v) is 7.53. The Morgan fingerprint density at radius 3 is 2.41 bits per heavy atom. The van der Waals surface area contributed by atoms with E-state index in [1.54, 1.807) is 42.5 Å². The van der Waals surface area contributed by atoms with Crippen LogP contribution < -0.4 is 9.64 Å². The van der Waals surface area contributed by atoms with E-state index in [1.165, 1.54) is 10.5 Å². The number of unbranched alkanes of at least 4 members (excludes halogenated alkanes) is 1. The van der Waals surface area contributed by atoms with Crippen molar-refractivity contribution in [1.29, 1.82) is 0 Å². The quantitative estimate of drug-likeness (QED) is 0.632. The van der Waals surface area contributed by atoms with Gasteiger partial charge in [-0.05, 0) is 66.1 Å². The Labute approximate surface area is 173 Å².